The molecule has 104 valence electrons. The lowest BCUT2D eigenvalue weighted by atomic mass is 10.0. The summed E-state index contributed by atoms with van der Waals surface area (Å²) >= 11 is 5.94. The molecule has 0 spiro atoms. The second-order valence-corrected chi connectivity index (χ2v) is 5.14. The summed E-state index contributed by atoms with van der Waals surface area (Å²) in [5, 5.41) is 3.84. The molecule has 20 heavy (non-hydrogen) atoms. The minimum Gasteiger partial charge on any atom is -0.368 e. The highest BCUT2D eigenvalue weighted by molar-refractivity contribution is 6.30. The molecule has 0 saturated carbocycles. The van der Waals surface area contributed by atoms with E-state index >= 15 is 0 Å². The number of carbonyl (C=O) groups excluding carboxylic acids is 1. The van der Waals surface area contributed by atoms with Gasteiger partial charge in [0.15, 0.2) is 0 Å². The molecule has 0 radical (unpaired) electrons. The van der Waals surface area contributed by atoms with Crippen LogP contribution in [0.1, 0.15) is 22.7 Å². The van der Waals surface area contributed by atoms with Crippen LogP contribution in [0.25, 0.3) is 0 Å². The maximum absolute atomic E-state index is 11.7. The molecule has 1 atom stereocenters. The van der Waals surface area contributed by atoms with E-state index < -0.39 is 11.9 Å². The van der Waals surface area contributed by atoms with Crippen LogP contribution in [0, 0.1) is 6.92 Å². The van der Waals surface area contributed by atoms with E-state index in [9.17, 15) is 4.79 Å². The van der Waals surface area contributed by atoms with Crippen molar-refractivity contribution in [3.05, 3.63) is 70.2 Å². The van der Waals surface area contributed by atoms with E-state index in [0.29, 0.717) is 11.6 Å². The lowest BCUT2D eigenvalue weighted by molar-refractivity contribution is -0.120. The van der Waals surface area contributed by atoms with Gasteiger partial charge in [0.2, 0.25) is 5.91 Å². The monoisotopic (exact) mass is 288 g/mol. The van der Waals surface area contributed by atoms with Gasteiger partial charge >= 0.3 is 0 Å². The number of carbonyl (C=O) groups is 1. The van der Waals surface area contributed by atoms with Gasteiger partial charge < -0.3 is 5.73 Å². The number of amides is 1. The number of benzene rings is 2. The second kappa shape index (κ2) is 6.55. The molecule has 3 nitrogen and oxygen atoms in total. The van der Waals surface area contributed by atoms with Crippen LogP contribution in [0.15, 0.2) is 48.5 Å². The third-order valence-corrected chi connectivity index (χ3v) is 3.42. The molecule has 0 aliphatic heterocycles. The molecule has 3 N–H and O–H groups in total. The largest absolute Gasteiger partial charge is 0.368 e. The normalized spacial score (nSPS) is 12.1. The summed E-state index contributed by atoms with van der Waals surface area (Å²) in [4.78, 5) is 11.7. The number of nitrogens with one attached hydrogen (secondary N) is 1. The highest BCUT2D eigenvalue weighted by Crippen LogP contribution is 2.21. The minimum absolute atomic E-state index is 0.397. The van der Waals surface area contributed by atoms with E-state index in [-0.39, 0.29) is 0 Å². The first kappa shape index (κ1) is 14.6. The van der Waals surface area contributed by atoms with Crippen molar-refractivity contribution in [1.82, 2.24) is 5.32 Å². The highest BCUT2D eigenvalue weighted by atomic mass is 35.5. The van der Waals surface area contributed by atoms with Gasteiger partial charge in [0.05, 0.1) is 0 Å². The number of halogens is 1. The Bertz CT molecular complexity index is 599. The van der Waals surface area contributed by atoms with Crippen molar-refractivity contribution in [2.24, 2.45) is 5.73 Å². The first-order valence-electron chi connectivity index (χ1n) is 6.40. The van der Waals surface area contributed by atoms with Gasteiger partial charge in [-0.1, -0.05) is 48.0 Å². The zero-order valence-corrected chi connectivity index (χ0v) is 12.0. The van der Waals surface area contributed by atoms with Crippen molar-refractivity contribution in [1.29, 1.82) is 0 Å². The summed E-state index contributed by atoms with van der Waals surface area (Å²) in [6.07, 6.45) is 0. The Morgan fingerprint density at radius 2 is 1.95 bits per heavy atom. The fraction of sp³-hybridized carbons (Fsp3) is 0.188. The van der Waals surface area contributed by atoms with Gasteiger partial charge in [0.1, 0.15) is 6.04 Å². The third-order valence-electron chi connectivity index (χ3n) is 3.18. The van der Waals surface area contributed by atoms with Gasteiger partial charge in [-0.2, -0.15) is 0 Å². The van der Waals surface area contributed by atoms with Gasteiger partial charge in [0.25, 0.3) is 0 Å². The Balaban J connectivity index is 2.17. The minimum atomic E-state index is -0.521. The van der Waals surface area contributed by atoms with Crippen molar-refractivity contribution >= 4 is 17.5 Å². The molecular weight excluding hydrogens is 272 g/mol. The lowest BCUT2D eigenvalue weighted by Crippen LogP contribution is -2.33. The first-order valence-corrected chi connectivity index (χ1v) is 6.78. The van der Waals surface area contributed by atoms with E-state index in [2.05, 4.69) is 5.32 Å². The van der Waals surface area contributed by atoms with Crippen molar-refractivity contribution in [2.45, 2.75) is 19.5 Å². The second-order valence-electron chi connectivity index (χ2n) is 4.70. The first-order chi connectivity index (χ1) is 9.58. The fourth-order valence-electron chi connectivity index (χ4n) is 2.14. The van der Waals surface area contributed by atoms with Crippen LogP contribution >= 0.6 is 11.6 Å². The summed E-state index contributed by atoms with van der Waals surface area (Å²) < 4.78 is 0. The van der Waals surface area contributed by atoms with Crippen LogP contribution in [0.3, 0.4) is 0 Å². The quantitative estimate of drug-likeness (QED) is 0.889. The number of hydrogen-bond acceptors (Lipinski definition) is 2. The molecule has 0 bridgehead atoms. The van der Waals surface area contributed by atoms with Crippen LogP contribution in [0.4, 0.5) is 0 Å². The molecular formula is C16H17ClN2O. The predicted molar refractivity (Wildman–Crippen MR) is 81.4 cm³/mol. The topological polar surface area (TPSA) is 55.1 Å². The van der Waals surface area contributed by atoms with Crippen LogP contribution in [0.5, 0.6) is 0 Å². The lowest BCUT2D eigenvalue weighted by Gasteiger charge is -2.18. The van der Waals surface area contributed by atoms with Crippen LogP contribution < -0.4 is 11.1 Å². The molecule has 0 aliphatic rings. The third kappa shape index (κ3) is 3.59. The smallest absolute Gasteiger partial charge is 0.239 e. The standard InChI is InChI=1S/C16H17ClN2O/c1-11-9-13(17)7-8-14(11)15(16(18)20)19-10-12-5-3-2-4-6-12/h2-9,15,19H,10H2,1H3,(H2,18,20). The molecule has 2 rings (SSSR count). The zero-order chi connectivity index (χ0) is 14.5. The summed E-state index contributed by atoms with van der Waals surface area (Å²) in [7, 11) is 0. The zero-order valence-electron chi connectivity index (χ0n) is 11.3. The fourth-order valence-corrected chi connectivity index (χ4v) is 2.37. The number of nitrogens with two attached hydrogens (primary N) is 1. The van der Waals surface area contributed by atoms with Gasteiger partial charge in [-0.15, -0.1) is 0 Å². The van der Waals surface area contributed by atoms with Crippen LogP contribution in [0.2, 0.25) is 5.02 Å². The number of aryl methyl sites for hydroxylation is 1. The number of hydrogen-bond donors (Lipinski definition) is 2. The average Bonchev–Trinajstić information content (AvgIpc) is 2.42. The van der Waals surface area contributed by atoms with Crippen molar-refractivity contribution in [2.75, 3.05) is 0 Å². The summed E-state index contributed by atoms with van der Waals surface area (Å²) in [6.45, 7) is 2.50. The van der Waals surface area contributed by atoms with Crippen molar-refractivity contribution in [3.63, 3.8) is 0 Å². The summed E-state index contributed by atoms with van der Waals surface area (Å²) in [6, 6.07) is 14.8. The van der Waals surface area contributed by atoms with E-state index in [4.69, 9.17) is 17.3 Å². The van der Waals surface area contributed by atoms with E-state index in [0.717, 1.165) is 16.7 Å². The number of primary amides is 1. The van der Waals surface area contributed by atoms with E-state index in [1.54, 1.807) is 6.07 Å². The van der Waals surface area contributed by atoms with Gasteiger partial charge in [-0.3, -0.25) is 10.1 Å². The molecule has 0 aromatic heterocycles. The maximum atomic E-state index is 11.7. The van der Waals surface area contributed by atoms with Crippen LogP contribution in [-0.2, 0) is 11.3 Å². The molecule has 2 aromatic carbocycles. The van der Waals surface area contributed by atoms with Crippen molar-refractivity contribution in [3.8, 4) is 0 Å². The Morgan fingerprint density at radius 3 is 2.55 bits per heavy atom. The predicted octanol–water partition coefficient (Wildman–Crippen LogP) is 2.96. The van der Waals surface area contributed by atoms with Gasteiger partial charge in [-0.25, -0.2) is 0 Å². The summed E-state index contributed by atoms with van der Waals surface area (Å²) in [5.41, 5.74) is 8.41. The molecule has 0 saturated heterocycles. The molecule has 0 fully saturated rings. The van der Waals surface area contributed by atoms with Gasteiger partial charge in [-0.05, 0) is 35.7 Å². The highest BCUT2D eigenvalue weighted by Gasteiger charge is 2.19. The SMILES string of the molecule is Cc1cc(Cl)ccc1C(NCc1ccccc1)C(N)=O. The molecule has 1 amide bonds. The Hall–Kier alpha value is -1.84. The van der Waals surface area contributed by atoms with E-state index in [1.807, 2.05) is 49.4 Å². The Morgan fingerprint density at radius 1 is 1.25 bits per heavy atom. The molecule has 0 aliphatic carbocycles. The van der Waals surface area contributed by atoms with Gasteiger partial charge in [0, 0.05) is 11.6 Å². The van der Waals surface area contributed by atoms with Crippen molar-refractivity contribution < 1.29 is 4.79 Å². The maximum Gasteiger partial charge on any atom is 0.239 e. The number of rotatable bonds is 5. The average molecular weight is 289 g/mol. The molecule has 1 unspecified atom stereocenters. The summed E-state index contributed by atoms with van der Waals surface area (Å²) in [5.74, 6) is -0.397. The Labute approximate surface area is 123 Å². The van der Waals surface area contributed by atoms with Crippen LogP contribution in [-0.4, -0.2) is 5.91 Å². The molecule has 0 heterocycles. The molecule has 4 heteroatoms. The molecule has 2 aromatic rings. The Kier molecular flexibility index (Phi) is 4.77. The van der Waals surface area contributed by atoms with E-state index in [1.165, 1.54) is 0 Å².